The summed E-state index contributed by atoms with van der Waals surface area (Å²) in [5, 5.41) is 19.7. The van der Waals surface area contributed by atoms with Gasteiger partial charge in [-0.15, -0.1) is 0 Å². The molecule has 4 aliphatic carbocycles. The predicted octanol–water partition coefficient (Wildman–Crippen LogP) is 14.1. The van der Waals surface area contributed by atoms with E-state index in [0.717, 1.165) is 95.6 Å². The number of amides is 4. The van der Waals surface area contributed by atoms with Gasteiger partial charge in [-0.05, 0) is 112 Å². The molecular weight excluding hydrogens is 1520 g/mol. The van der Waals surface area contributed by atoms with E-state index in [-0.39, 0.29) is 93.9 Å². The molecule has 10 aliphatic rings. The van der Waals surface area contributed by atoms with E-state index in [4.69, 9.17) is 50.2 Å². The number of hydrogen-bond donors (Lipinski definition) is 1. The molecule has 600 valence electrons. The number of ketones is 2. The molecule has 24 nitrogen and oxygen atoms in total. The monoisotopic (exact) mass is 1620 g/mol. The highest BCUT2D eigenvalue weighted by atomic mass is 79.9. The van der Waals surface area contributed by atoms with Crippen molar-refractivity contribution in [2.24, 2.45) is 47.3 Å². The Labute approximate surface area is 678 Å². The van der Waals surface area contributed by atoms with Gasteiger partial charge in [0.25, 0.3) is 0 Å². The fourth-order valence-electron chi connectivity index (χ4n) is 20.5. The molecule has 4 amide bonds. The topological polar surface area (TPSA) is 274 Å². The number of alkyl halides is 1. The van der Waals surface area contributed by atoms with Crippen molar-refractivity contribution in [3.8, 4) is 0 Å². The van der Waals surface area contributed by atoms with E-state index in [1.165, 1.54) is 0 Å². The lowest BCUT2D eigenvalue weighted by atomic mass is 9.54. The summed E-state index contributed by atoms with van der Waals surface area (Å²) in [6, 6.07) is 47.0. The lowest BCUT2D eigenvalue weighted by molar-refractivity contribution is -0.239. The molecule has 25 heteroatoms. The highest BCUT2D eigenvalue weighted by Gasteiger charge is 2.65. The third-order valence-corrected chi connectivity index (χ3v) is 26.6. The average Bonchev–Trinajstić information content (AvgIpc) is 1.62. The summed E-state index contributed by atoms with van der Waals surface area (Å²) < 4.78 is 44.5. The van der Waals surface area contributed by atoms with Crippen molar-refractivity contribution < 1.29 is 65.8 Å². The van der Waals surface area contributed by atoms with Crippen molar-refractivity contribution in [3.63, 3.8) is 0 Å². The van der Waals surface area contributed by atoms with Crippen molar-refractivity contribution in [2.45, 2.75) is 165 Å². The van der Waals surface area contributed by atoms with Crippen LogP contribution in [0.4, 0.5) is 0 Å². The SMILES string of the molecule is C[C@H]1[C@@H]2CCNC(=O)[C@@]2(c2ccccc2)CCC12OCCO2.Cc1cc(CBr)no1.Cc1cc(CN2CC[C@H]3[C@H](C)C4(CC[C@]3(c3ccccc3)C2=O)OCCO4)no1.[C-]#[N+]C1=C[C@@]2(c3ccccc3)C(=O)N(Cc3cc(C)on3)CC[C@@H]2[C@@H](C)C1=O.[C-]#[N+]C1=C[C@]2(c3ccccc3)C(=O)N(Cc3cc(C)on3)CC[C@H]2[C@H](C)C1=O. The summed E-state index contributed by atoms with van der Waals surface area (Å²) in [5.74, 6) is 1.59. The molecule has 18 rings (SSSR count). The number of hydrogen-bond acceptors (Lipinski definition) is 18. The Morgan fingerprint density at radius 1 is 0.435 bits per heavy atom. The van der Waals surface area contributed by atoms with Gasteiger partial charge in [-0.2, -0.15) is 0 Å². The van der Waals surface area contributed by atoms with Gasteiger partial charge < -0.3 is 66.6 Å². The lowest BCUT2D eigenvalue weighted by Gasteiger charge is -2.56. The molecule has 12 atom stereocenters. The number of carbonyl (C=O) groups is 6. The zero-order valence-corrected chi connectivity index (χ0v) is 68.0. The quantitative estimate of drug-likeness (QED) is 0.0930. The molecule has 0 unspecified atom stereocenters. The summed E-state index contributed by atoms with van der Waals surface area (Å²) in [5.41, 5.74) is 4.16. The number of piperidine rings is 4. The second kappa shape index (κ2) is 33.9. The molecule has 8 aromatic rings. The number of aryl methyl sites for hydroxylation is 4. The fourth-order valence-corrected chi connectivity index (χ4v) is 20.8. The van der Waals surface area contributed by atoms with Crippen LogP contribution in [0.1, 0.15) is 147 Å². The lowest BCUT2D eigenvalue weighted by Crippen LogP contribution is -2.64. The maximum atomic E-state index is 14.0. The van der Waals surface area contributed by atoms with Gasteiger partial charge in [-0.3, -0.25) is 19.2 Å². The Morgan fingerprint density at radius 3 is 1.11 bits per heavy atom. The van der Waals surface area contributed by atoms with E-state index in [1.54, 1.807) is 22.0 Å². The van der Waals surface area contributed by atoms with E-state index in [2.05, 4.69) is 89.7 Å². The van der Waals surface area contributed by atoms with Crippen LogP contribution >= 0.6 is 15.9 Å². The highest BCUT2D eigenvalue weighted by Crippen LogP contribution is 2.59. The molecule has 4 aromatic carbocycles. The van der Waals surface area contributed by atoms with Crippen LogP contribution in [0, 0.1) is 88.2 Å². The van der Waals surface area contributed by atoms with Crippen LogP contribution in [-0.2, 0) is 94.3 Å². The Balaban J connectivity index is 0.000000123. The standard InChI is InChI=1S/C23H28N2O4.2C22H21N3O3.C18H23NO3.C5H6BrNO/c1-16-14-19(24-29-16)15-25-11-8-20-17(2)23(27-12-13-28-23)10-9-22(20,21(25)26)18-6-4-3-5-7-18;2*1-14-11-17(24-28-14)13-25-10-9-18-15(2)20(26)19(23-3)12-22(18,21(25)27)16-7-5-4-6-8-16;1-13-15-7-10-19-16(20)17(15,14-5-3-2-4-6-14)8-9-18(13)21-11-12-22-18;1-4-2-5(3-6)7-8-4/h3-7,14,17,20H,8-13,15H2,1-2H3;2*4-8,11-12,15,18H,9-10,13H2,1-2H3;2-6,13,15H,7-12H2,1H3,(H,19,20);2H,3H2,1H3/t17-,20-,22+;2*15-,18-,22+;13-,15-,17+;/m0100./s1. The van der Waals surface area contributed by atoms with E-state index in [1.807, 2.05) is 168 Å². The average molecular weight is 1620 g/mol. The van der Waals surface area contributed by atoms with Gasteiger partial charge in [0.1, 0.15) is 40.1 Å². The number of Topliss-reactive ketones (excluding diaryl/α,β-unsaturated/α-hetero) is 2. The van der Waals surface area contributed by atoms with Crippen LogP contribution in [0.3, 0.4) is 0 Å². The molecule has 0 bridgehead atoms. The molecular formula is C90H99BrN10O14. The van der Waals surface area contributed by atoms with Gasteiger partial charge in [-0.25, -0.2) is 9.69 Å². The van der Waals surface area contributed by atoms with E-state index >= 15 is 0 Å². The van der Waals surface area contributed by atoms with Gasteiger partial charge in [0, 0.05) is 92.3 Å². The number of benzene rings is 4. The van der Waals surface area contributed by atoms with Crippen LogP contribution < -0.4 is 5.32 Å². The number of aromatic nitrogens is 4. The van der Waals surface area contributed by atoms with Gasteiger partial charge in [0.15, 0.2) is 23.1 Å². The van der Waals surface area contributed by atoms with Crippen LogP contribution in [0.5, 0.6) is 0 Å². The van der Waals surface area contributed by atoms with Crippen molar-refractivity contribution >= 4 is 51.1 Å². The van der Waals surface area contributed by atoms with E-state index < -0.39 is 33.2 Å². The summed E-state index contributed by atoms with van der Waals surface area (Å²) in [4.78, 5) is 92.2. The first-order chi connectivity index (χ1) is 55.5. The minimum absolute atomic E-state index is 0.0556. The molecule has 2 spiro atoms. The third kappa shape index (κ3) is 15.1. The molecule has 2 saturated carbocycles. The van der Waals surface area contributed by atoms with Crippen LogP contribution in [0.15, 0.2) is 187 Å². The van der Waals surface area contributed by atoms with Crippen molar-refractivity contribution in [3.05, 3.63) is 260 Å². The minimum atomic E-state index is -1.01. The van der Waals surface area contributed by atoms with Crippen molar-refractivity contribution in [1.29, 1.82) is 0 Å². The smallest absolute Gasteiger partial charge is 0.236 e. The Kier molecular flexibility index (Phi) is 24.0. The first-order valence-corrected chi connectivity index (χ1v) is 41.1. The number of halogens is 1. The van der Waals surface area contributed by atoms with Crippen molar-refractivity contribution in [1.82, 2.24) is 40.6 Å². The molecule has 10 heterocycles. The zero-order valence-electron chi connectivity index (χ0n) is 66.4. The number of nitrogens with zero attached hydrogens (tertiary/aromatic N) is 9. The van der Waals surface area contributed by atoms with E-state index in [9.17, 15) is 28.8 Å². The number of allylic oxidation sites excluding steroid dienone is 2. The molecule has 4 aromatic heterocycles. The number of nitrogens with one attached hydrogen (secondary N) is 1. The third-order valence-electron chi connectivity index (χ3n) is 26.0. The first kappa shape index (κ1) is 81.3. The second-order valence-corrected chi connectivity index (χ2v) is 32.8. The highest BCUT2D eigenvalue weighted by molar-refractivity contribution is 9.08. The summed E-state index contributed by atoms with van der Waals surface area (Å²) in [6.07, 6.45) is 9.56. The number of rotatable bonds is 11. The van der Waals surface area contributed by atoms with Gasteiger partial charge in [0.2, 0.25) is 35.0 Å². The molecule has 115 heavy (non-hydrogen) atoms. The molecule has 0 radical (unpaired) electrons. The number of carbonyl (C=O) groups excluding carboxylic acids is 6. The number of ether oxygens (including phenoxy) is 4. The Bertz CT molecular complexity index is 4830. The van der Waals surface area contributed by atoms with Crippen molar-refractivity contribution in [2.75, 3.05) is 52.6 Å². The number of likely N-dealkylation sites (tertiary alicyclic amines) is 3. The summed E-state index contributed by atoms with van der Waals surface area (Å²) in [6.45, 7) is 36.7. The number of fused-ring (bicyclic) bond motifs is 4. The molecule has 6 aliphatic heterocycles. The van der Waals surface area contributed by atoms with Gasteiger partial charge in [-0.1, -0.05) is 198 Å². The van der Waals surface area contributed by atoms with Crippen LogP contribution in [0.25, 0.3) is 9.69 Å². The van der Waals surface area contributed by atoms with Gasteiger partial charge >= 0.3 is 0 Å². The molecule has 8 fully saturated rings. The minimum Gasteiger partial charge on any atom is -0.361 e. The van der Waals surface area contributed by atoms with E-state index in [0.29, 0.717) is 101 Å². The summed E-state index contributed by atoms with van der Waals surface area (Å²) >= 11 is 3.25. The molecule has 1 N–H and O–H groups in total. The van der Waals surface area contributed by atoms with Crippen LogP contribution in [0.2, 0.25) is 0 Å². The zero-order chi connectivity index (χ0) is 81.0. The largest absolute Gasteiger partial charge is 0.361 e. The fraction of sp³-hybridized carbons (Fsp3) is 0.467. The maximum Gasteiger partial charge on any atom is 0.236 e. The van der Waals surface area contributed by atoms with Gasteiger partial charge in [0.05, 0.1) is 86.6 Å². The van der Waals surface area contributed by atoms with Crippen LogP contribution in [-0.4, -0.2) is 135 Å². The normalized spacial score (nSPS) is 28.8. The summed E-state index contributed by atoms with van der Waals surface area (Å²) in [7, 11) is 0. The maximum absolute atomic E-state index is 14.0. The second-order valence-electron chi connectivity index (χ2n) is 32.2. The Hall–Kier alpha value is -10.3. The first-order valence-electron chi connectivity index (χ1n) is 40.0. The molecule has 6 saturated heterocycles. The predicted molar refractivity (Wildman–Crippen MR) is 426 cm³/mol. The Morgan fingerprint density at radius 2 is 0.765 bits per heavy atom.